The average Bonchev–Trinajstić information content (AvgIpc) is 2.23. The van der Waals surface area contributed by atoms with Crippen molar-refractivity contribution in [3.8, 4) is 0 Å². The lowest BCUT2D eigenvalue weighted by Gasteiger charge is -2.19. The Bertz CT molecular complexity index is 384. The van der Waals surface area contributed by atoms with Crippen LogP contribution in [0.1, 0.15) is 0 Å². The molecule has 1 amide bonds. The molecule has 1 aromatic carbocycles. The highest BCUT2D eigenvalue weighted by Gasteiger charge is 2.14. The summed E-state index contributed by atoms with van der Waals surface area (Å²) in [6.07, 6.45) is -1.06. The number of benzene rings is 1. The molecule has 0 atom stereocenters. The summed E-state index contributed by atoms with van der Waals surface area (Å²) < 4.78 is 4.83. The predicted octanol–water partition coefficient (Wildman–Crippen LogP) is 3.12. The van der Waals surface area contributed by atoms with Gasteiger partial charge in [-0.2, -0.15) is 0 Å². The molecular weight excluding hydrogens is 253 g/mol. The van der Waals surface area contributed by atoms with Crippen molar-refractivity contribution in [2.45, 2.75) is 0 Å². The lowest BCUT2D eigenvalue weighted by atomic mass is 10.3. The molecule has 0 aliphatic rings. The molecule has 0 fully saturated rings. The average molecular weight is 264 g/mol. The number of rotatable bonds is 4. The van der Waals surface area contributed by atoms with Crippen molar-refractivity contribution in [2.24, 2.45) is 0 Å². The number of ether oxygens (including phenoxy) is 1. The van der Waals surface area contributed by atoms with Crippen LogP contribution in [0.2, 0.25) is 10.0 Å². The van der Waals surface area contributed by atoms with Crippen LogP contribution in [-0.2, 0) is 4.74 Å². The predicted molar refractivity (Wildman–Crippen MR) is 63.7 cm³/mol. The van der Waals surface area contributed by atoms with Gasteiger partial charge in [0.05, 0.1) is 23.2 Å². The van der Waals surface area contributed by atoms with Gasteiger partial charge in [0.25, 0.3) is 0 Å². The van der Waals surface area contributed by atoms with Crippen molar-refractivity contribution in [3.63, 3.8) is 0 Å². The zero-order valence-electron chi connectivity index (χ0n) is 8.61. The molecule has 0 radical (unpaired) electrons. The largest absolute Gasteiger partial charge is 0.465 e. The maximum atomic E-state index is 11.0. The van der Waals surface area contributed by atoms with Crippen LogP contribution >= 0.6 is 23.2 Å². The molecular formula is C10H11Cl2NO3. The third kappa shape index (κ3) is 3.27. The van der Waals surface area contributed by atoms with Crippen LogP contribution < -0.4 is 4.90 Å². The lowest BCUT2D eigenvalue weighted by molar-refractivity contribution is 0.186. The molecule has 6 heteroatoms. The van der Waals surface area contributed by atoms with Crippen molar-refractivity contribution in [3.05, 3.63) is 28.2 Å². The second-order valence-corrected chi connectivity index (χ2v) is 3.84. The zero-order valence-corrected chi connectivity index (χ0v) is 10.1. The van der Waals surface area contributed by atoms with E-state index in [0.717, 1.165) is 4.90 Å². The fourth-order valence-electron chi connectivity index (χ4n) is 1.17. The van der Waals surface area contributed by atoms with Gasteiger partial charge in [0.15, 0.2) is 0 Å². The number of carbonyl (C=O) groups is 1. The van der Waals surface area contributed by atoms with Gasteiger partial charge in [0.1, 0.15) is 0 Å². The molecule has 1 rings (SSSR count). The third-order valence-electron chi connectivity index (χ3n) is 1.96. The van der Waals surface area contributed by atoms with E-state index in [0.29, 0.717) is 22.3 Å². The second kappa shape index (κ2) is 5.94. The third-order valence-corrected chi connectivity index (χ3v) is 2.70. The summed E-state index contributed by atoms with van der Waals surface area (Å²) in [5.74, 6) is 0. The molecule has 0 heterocycles. The van der Waals surface area contributed by atoms with E-state index in [9.17, 15) is 4.79 Å². The summed E-state index contributed by atoms with van der Waals surface area (Å²) in [7, 11) is 1.51. The second-order valence-electron chi connectivity index (χ2n) is 3.03. The van der Waals surface area contributed by atoms with E-state index in [4.69, 9.17) is 33.0 Å². The van der Waals surface area contributed by atoms with Gasteiger partial charge in [-0.15, -0.1) is 0 Å². The summed E-state index contributed by atoms with van der Waals surface area (Å²) in [5.41, 5.74) is 0.471. The summed E-state index contributed by atoms with van der Waals surface area (Å²) in [6, 6.07) is 4.66. The van der Waals surface area contributed by atoms with E-state index in [1.165, 1.54) is 13.2 Å². The Labute approximate surface area is 103 Å². The van der Waals surface area contributed by atoms with Crippen LogP contribution in [-0.4, -0.2) is 31.5 Å². The van der Waals surface area contributed by atoms with Gasteiger partial charge in [-0.1, -0.05) is 23.2 Å². The van der Waals surface area contributed by atoms with Crippen LogP contribution in [0.15, 0.2) is 18.2 Å². The molecule has 0 aliphatic carbocycles. The van der Waals surface area contributed by atoms with Crippen LogP contribution in [0.4, 0.5) is 10.5 Å². The molecule has 0 spiro atoms. The number of amides is 1. The van der Waals surface area contributed by atoms with Crippen molar-refractivity contribution in [1.82, 2.24) is 0 Å². The highest BCUT2D eigenvalue weighted by atomic mass is 35.5. The van der Waals surface area contributed by atoms with Gasteiger partial charge in [-0.3, -0.25) is 4.90 Å². The van der Waals surface area contributed by atoms with Crippen LogP contribution in [0, 0.1) is 0 Å². The number of anilines is 1. The van der Waals surface area contributed by atoms with Crippen LogP contribution in [0.3, 0.4) is 0 Å². The first-order valence-electron chi connectivity index (χ1n) is 4.50. The van der Waals surface area contributed by atoms with Gasteiger partial charge < -0.3 is 9.84 Å². The van der Waals surface area contributed by atoms with Gasteiger partial charge >= 0.3 is 6.09 Å². The Balaban J connectivity index is 2.92. The number of methoxy groups -OCH3 is 1. The quantitative estimate of drug-likeness (QED) is 0.908. The van der Waals surface area contributed by atoms with Gasteiger partial charge in [0, 0.05) is 12.8 Å². The summed E-state index contributed by atoms with van der Waals surface area (Å²) in [5, 5.41) is 9.72. The molecule has 0 unspecified atom stereocenters. The summed E-state index contributed by atoms with van der Waals surface area (Å²) in [4.78, 5) is 12.1. The van der Waals surface area contributed by atoms with Gasteiger partial charge in [-0.05, 0) is 18.2 Å². The molecule has 0 aliphatic heterocycles. The molecule has 16 heavy (non-hydrogen) atoms. The van der Waals surface area contributed by atoms with Crippen molar-refractivity contribution in [1.29, 1.82) is 0 Å². The van der Waals surface area contributed by atoms with E-state index in [-0.39, 0.29) is 6.54 Å². The van der Waals surface area contributed by atoms with Crippen LogP contribution in [0.5, 0.6) is 0 Å². The maximum absolute atomic E-state index is 11.0. The lowest BCUT2D eigenvalue weighted by Crippen LogP contribution is -2.32. The van der Waals surface area contributed by atoms with E-state index >= 15 is 0 Å². The topological polar surface area (TPSA) is 49.8 Å². The Morgan fingerprint density at radius 2 is 2.12 bits per heavy atom. The molecule has 0 aromatic heterocycles. The molecule has 1 N–H and O–H groups in total. The number of hydrogen-bond donors (Lipinski definition) is 1. The SMILES string of the molecule is COCCN(C(=O)O)c1ccc(Cl)c(Cl)c1. The van der Waals surface area contributed by atoms with E-state index in [2.05, 4.69) is 0 Å². The number of carboxylic acid groups (broad SMARTS) is 1. The Kier molecular flexibility index (Phi) is 4.86. The van der Waals surface area contributed by atoms with Crippen molar-refractivity contribution >= 4 is 35.0 Å². The Morgan fingerprint density at radius 3 is 2.62 bits per heavy atom. The molecule has 1 aromatic rings. The van der Waals surface area contributed by atoms with Crippen molar-refractivity contribution < 1.29 is 14.6 Å². The van der Waals surface area contributed by atoms with Gasteiger partial charge in [-0.25, -0.2) is 4.79 Å². The number of nitrogens with zero attached hydrogens (tertiary/aromatic N) is 1. The molecule has 0 saturated heterocycles. The molecule has 4 nitrogen and oxygen atoms in total. The first-order chi connectivity index (χ1) is 7.56. The summed E-state index contributed by atoms with van der Waals surface area (Å²) in [6.45, 7) is 0.552. The molecule has 0 bridgehead atoms. The smallest absolute Gasteiger partial charge is 0.411 e. The van der Waals surface area contributed by atoms with E-state index in [1.807, 2.05) is 0 Å². The minimum atomic E-state index is -1.06. The minimum Gasteiger partial charge on any atom is -0.465 e. The first-order valence-corrected chi connectivity index (χ1v) is 5.26. The first kappa shape index (κ1) is 13.1. The maximum Gasteiger partial charge on any atom is 0.411 e. The van der Waals surface area contributed by atoms with E-state index < -0.39 is 6.09 Å². The minimum absolute atomic E-state index is 0.240. The number of hydrogen-bond acceptors (Lipinski definition) is 2. The normalized spacial score (nSPS) is 10.2. The highest BCUT2D eigenvalue weighted by molar-refractivity contribution is 6.42. The highest BCUT2D eigenvalue weighted by Crippen LogP contribution is 2.27. The zero-order chi connectivity index (χ0) is 12.1. The standard InChI is InChI=1S/C10H11Cl2NO3/c1-16-5-4-13(10(14)15)7-2-3-8(11)9(12)6-7/h2-3,6H,4-5H2,1H3,(H,14,15). The number of halogens is 2. The van der Waals surface area contributed by atoms with Gasteiger partial charge in [0.2, 0.25) is 0 Å². The Morgan fingerprint density at radius 1 is 1.44 bits per heavy atom. The van der Waals surface area contributed by atoms with E-state index in [1.54, 1.807) is 12.1 Å². The molecule has 0 saturated carbocycles. The van der Waals surface area contributed by atoms with Crippen LogP contribution in [0.25, 0.3) is 0 Å². The fraction of sp³-hybridized carbons (Fsp3) is 0.300. The Hall–Kier alpha value is -0.970. The summed E-state index contributed by atoms with van der Waals surface area (Å²) >= 11 is 11.6. The molecule has 88 valence electrons. The fourth-order valence-corrected chi connectivity index (χ4v) is 1.46. The monoisotopic (exact) mass is 263 g/mol. The van der Waals surface area contributed by atoms with Crippen molar-refractivity contribution in [2.75, 3.05) is 25.2 Å².